The maximum Gasteiger partial charge on any atom is 0.299 e. The van der Waals surface area contributed by atoms with Crippen LogP contribution >= 0.6 is 11.8 Å². The van der Waals surface area contributed by atoms with Gasteiger partial charge in [-0.3, -0.25) is 20.2 Å². The molecule has 0 radical (unpaired) electrons. The van der Waals surface area contributed by atoms with Gasteiger partial charge in [-0.15, -0.1) is 11.8 Å². The van der Waals surface area contributed by atoms with Crippen molar-refractivity contribution < 1.29 is 24.8 Å². The fourth-order valence-corrected chi connectivity index (χ4v) is 3.41. The number of nitro benzene ring substituents is 2. The van der Waals surface area contributed by atoms with Crippen LogP contribution in [0.4, 0.5) is 17.1 Å². The highest BCUT2D eigenvalue weighted by molar-refractivity contribution is 7.99. The van der Waals surface area contributed by atoms with E-state index in [0.29, 0.717) is 5.75 Å². The molecule has 0 aromatic heterocycles. The minimum Gasteiger partial charge on any atom is -0.394 e. The third-order valence-corrected chi connectivity index (χ3v) is 4.64. The summed E-state index contributed by atoms with van der Waals surface area (Å²) in [6.07, 6.45) is -1.88. The van der Waals surface area contributed by atoms with Gasteiger partial charge in [0.25, 0.3) is 11.4 Å². The molecule has 0 unspecified atom stereocenters. The molecule has 2 rings (SSSR count). The van der Waals surface area contributed by atoms with Crippen LogP contribution in [-0.4, -0.2) is 56.1 Å². The molecule has 0 amide bonds. The van der Waals surface area contributed by atoms with E-state index in [-0.39, 0.29) is 12.3 Å². The molecule has 1 aromatic rings. The highest BCUT2D eigenvalue weighted by Gasteiger charge is 2.44. The van der Waals surface area contributed by atoms with Gasteiger partial charge in [0.2, 0.25) is 0 Å². The molecule has 10 nitrogen and oxygen atoms in total. The summed E-state index contributed by atoms with van der Waals surface area (Å²) in [5.41, 5.74) is -1.34. The lowest BCUT2D eigenvalue weighted by Crippen LogP contribution is -2.39. The molecular weight excluding hydrogens is 342 g/mol. The quantitative estimate of drug-likeness (QED) is 0.481. The number of nitrogens with zero attached hydrogens (tertiary/aromatic N) is 2. The minimum atomic E-state index is -1.08. The van der Waals surface area contributed by atoms with Gasteiger partial charge in [-0.2, -0.15) is 0 Å². The molecule has 24 heavy (non-hydrogen) atoms. The Balaban J connectivity index is 2.31. The molecule has 1 fully saturated rings. The first-order chi connectivity index (χ1) is 11.4. The van der Waals surface area contributed by atoms with Crippen LogP contribution in [0.1, 0.15) is 6.92 Å². The third-order valence-electron chi connectivity index (χ3n) is 3.57. The molecule has 11 heteroatoms. The van der Waals surface area contributed by atoms with Crippen LogP contribution in [0.3, 0.4) is 0 Å². The second kappa shape index (κ2) is 7.75. The van der Waals surface area contributed by atoms with Crippen molar-refractivity contribution in [2.75, 3.05) is 17.7 Å². The number of rotatable bonds is 7. The number of aliphatic hydroxyl groups excluding tert-OH is 2. The molecule has 0 aliphatic carbocycles. The zero-order chi connectivity index (χ0) is 17.9. The van der Waals surface area contributed by atoms with Crippen molar-refractivity contribution in [1.82, 2.24) is 0 Å². The summed E-state index contributed by atoms with van der Waals surface area (Å²) in [5.74, 6) is 0.677. The summed E-state index contributed by atoms with van der Waals surface area (Å²) in [6.45, 7) is 1.50. The van der Waals surface area contributed by atoms with Gasteiger partial charge in [-0.25, -0.2) is 0 Å². The third kappa shape index (κ3) is 3.75. The van der Waals surface area contributed by atoms with Crippen molar-refractivity contribution in [3.8, 4) is 0 Å². The number of hydrogen-bond acceptors (Lipinski definition) is 9. The van der Waals surface area contributed by atoms with Crippen LogP contribution in [0.2, 0.25) is 0 Å². The van der Waals surface area contributed by atoms with Crippen molar-refractivity contribution in [2.45, 2.75) is 30.6 Å². The zero-order valence-corrected chi connectivity index (χ0v) is 13.5. The monoisotopic (exact) mass is 359 g/mol. The van der Waals surface area contributed by atoms with Gasteiger partial charge < -0.3 is 20.3 Å². The molecule has 1 heterocycles. The number of hydrogen-bond donors (Lipinski definition) is 3. The van der Waals surface area contributed by atoms with E-state index < -0.39 is 44.9 Å². The average Bonchev–Trinajstić information content (AvgIpc) is 2.84. The maximum atomic E-state index is 11.2. The van der Waals surface area contributed by atoms with Gasteiger partial charge in [-0.1, -0.05) is 6.92 Å². The Morgan fingerprint density at radius 3 is 2.58 bits per heavy atom. The molecule has 0 saturated carbocycles. The largest absolute Gasteiger partial charge is 0.394 e. The first-order valence-electron chi connectivity index (χ1n) is 7.14. The molecule has 1 saturated heterocycles. The molecule has 0 bridgehead atoms. The first-order valence-corrected chi connectivity index (χ1v) is 8.19. The number of non-ortho nitro benzene ring substituents is 1. The van der Waals surface area contributed by atoms with E-state index in [1.54, 1.807) is 0 Å². The summed E-state index contributed by atoms with van der Waals surface area (Å²) in [6, 6.07) is 2.52. The van der Waals surface area contributed by atoms with E-state index in [0.717, 1.165) is 12.1 Å². The number of anilines is 1. The Labute approximate surface area is 141 Å². The highest BCUT2D eigenvalue weighted by atomic mass is 32.2. The summed E-state index contributed by atoms with van der Waals surface area (Å²) < 4.78 is 5.53. The van der Waals surface area contributed by atoms with E-state index in [1.807, 2.05) is 6.92 Å². The lowest BCUT2D eigenvalue weighted by Gasteiger charge is -2.22. The van der Waals surface area contributed by atoms with Gasteiger partial charge in [0.1, 0.15) is 23.3 Å². The Kier molecular flexibility index (Phi) is 5.94. The van der Waals surface area contributed by atoms with E-state index in [4.69, 9.17) is 4.74 Å². The van der Waals surface area contributed by atoms with E-state index in [2.05, 4.69) is 5.32 Å². The van der Waals surface area contributed by atoms with Crippen LogP contribution in [0.15, 0.2) is 18.2 Å². The van der Waals surface area contributed by atoms with Crippen LogP contribution in [0, 0.1) is 20.2 Å². The number of thioether (sulfide) groups is 1. The van der Waals surface area contributed by atoms with Crippen molar-refractivity contribution in [3.05, 3.63) is 38.4 Å². The number of nitro groups is 2. The molecule has 1 aliphatic heterocycles. The molecule has 4 atom stereocenters. The van der Waals surface area contributed by atoms with E-state index in [1.165, 1.54) is 17.8 Å². The second-order valence-electron chi connectivity index (χ2n) is 5.06. The molecule has 1 aromatic carbocycles. The smallest absolute Gasteiger partial charge is 0.299 e. The SMILES string of the molecule is CCS[C@H]1O[C@H](CO)[C@@H](O)[C@H]1Nc1ccc([N+](=O)[O-])cc1[N+](=O)[O-]. The van der Waals surface area contributed by atoms with Gasteiger partial charge >= 0.3 is 0 Å². The number of aliphatic hydroxyl groups is 2. The van der Waals surface area contributed by atoms with Crippen LogP contribution in [0.5, 0.6) is 0 Å². The van der Waals surface area contributed by atoms with Gasteiger partial charge in [0.15, 0.2) is 0 Å². The van der Waals surface area contributed by atoms with Crippen molar-refractivity contribution in [1.29, 1.82) is 0 Å². The topological polar surface area (TPSA) is 148 Å². The van der Waals surface area contributed by atoms with E-state index in [9.17, 15) is 30.4 Å². The van der Waals surface area contributed by atoms with Gasteiger partial charge in [-0.05, 0) is 11.8 Å². The summed E-state index contributed by atoms with van der Waals surface area (Å²) in [4.78, 5) is 20.5. The molecular formula is C13H17N3O7S. The fraction of sp³-hybridized carbons (Fsp3) is 0.538. The van der Waals surface area contributed by atoms with Gasteiger partial charge in [0.05, 0.1) is 28.6 Å². The predicted octanol–water partition coefficient (Wildman–Crippen LogP) is 1.11. The van der Waals surface area contributed by atoms with Crippen LogP contribution in [0.25, 0.3) is 0 Å². The average molecular weight is 359 g/mol. The highest BCUT2D eigenvalue weighted by Crippen LogP contribution is 2.35. The Morgan fingerprint density at radius 1 is 1.33 bits per heavy atom. The number of nitrogens with one attached hydrogen (secondary N) is 1. The molecule has 3 N–H and O–H groups in total. The van der Waals surface area contributed by atoms with Crippen molar-refractivity contribution in [3.63, 3.8) is 0 Å². The predicted molar refractivity (Wildman–Crippen MR) is 87.0 cm³/mol. The number of ether oxygens (including phenoxy) is 1. The summed E-state index contributed by atoms with van der Waals surface area (Å²) >= 11 is 1.38. The summed E-state index contributed by atoms with van der Waals surface area (Å²) in [7, 11) is 0. The van der Waals surface area contributed by atoms with Crippen molar-refractivity contribution in [2.24, 2.45) is 0 Å². The Morgan fingerprint density at radius 2 is 2.04 bits per heavy atom. The second-order valence-corrected chi connectivity index (χ2v) is 6.43. The van der Waals surface area contributed by atoms with Crippen molar-refractivity contribution >= 4 is 28.8 Å². The number of benzene rings is 1. The van der Waals surface area contributed by atoms with Crippen LogP contribution in [-0.2, 0) is 4.74 Å². The standard InChI is InChI=1S/C13H17N3O7S/c1-2-24-13-11(12(18)10(6-17)23-13)14-8-4-3-7(15(19)20)5-9(8)16(21)22/h3-5,10-14,17-18H,2,6H2,1H3/t10-,11-,12-,13-/m1/s1. The summed E-state index contributed by atoms with van der Waals surface area (Å²) in [5, 5.41) is 44.3. The maximum absolute atomic E-state index is 11.2. The lowest BCUT2D eigenvalue weighted by atomic mass is 10.1. The Bertz CT molecular complexity index is 630. The zero-order valence-electron chi connectivity index (χ0n) is 12.7. The normalized spacial score (nSPS) is 26.3. The minimum absolute atomic E-state index is 0.0403. The van der Waals surface area contributed by atoms with Gasteiger partial charge in [0, 0.05) is 6.07 Å². The molecule has 132 valence electrons. The lowest BCUT2D eigenvalue weighted by molar-refractivity contribution is -0.393. The van der Waals surface area contributed by atoms with Crippen LogP contribution < -0.4 is 5.32 Å². The molecule has 1 aliphatic rings. The first kappa shape index (κ1) is 18.4. The van der Waals surface area contributed by atoms with E-state index >= 15 is 0 Å². The fourth-order valence-electron chi connectivity index (χ4n) is 2.43. The Hall–Kier alpha value is -1.95. The molecule has 0 spiro atoms.